The van der Waals surface area contributed by atoms with Crippen molar-refractivity contribution in [3.63, 3.8) is 0 Å². The highest BCUT2D eigenvalue weighted by Crippen LogP contribution is 2.41. The Hall–Kier alpha value is -1.96. The SMILES string of the molecule is c1ccc2c(c1)CCC1Nc3ccccc3OC21. The van der Waals surface area contributed by atoms with Crippen LogP contribution in [0.4, 0.5) is 5.69 Å². The van der Waals surface area contributed by atoms with Crippen LogP contribution in [0.3, 0.4) is 0 Å². The van der Waals surface area contributed by atoms with Gasteiger partial charge in [0, 0.05) is 0 Å². The topological polar surface area (TPSA) is 21.3 Å². The van der Waals surface area contributed by atoms with Gasteiger partial charge in [0.05, 0.1) is 11.7 Å². The van der Waals surface area contributed by atoms with Crippen molar-refractivity contribution in [1.82, 2.24) is 0 Å². The first-order valence-corrected chi connectivity index (χ1v) is 6.52. The number of hydrogen-bond donors (Lipinski definition) is 1. The molecule has 2 nitrogen and oxygen atoms in total. The predicted molar refractivity (Wildman–Crippen MR) is 72.0 cm³/mol. The summed E-state index contributed by atoms with van der Waals surface area (Å²) in [5, 5.41) is 3.61. The Morgan fingerprint density at radius 3 is 2.83 bits per heavy atom. The van der Waals surface area contributed by atoms with Gasteiger partial charge in [-0.2, -0.15) is 0 Å². The molecule has 18 heavy (non-hydrogen) atoms. The number of fused-ring (bicyclic) bond motifs is 4. The Bertz CT molecular complexity index is 593. The van der Waals surface area contributed by atoms with Crippen LogP contribution in [-0.2, 0) is 6.42 Å². The smallest absolute Gasteiger partial charge is 0.144 e. The maximum Gasteiger partial charge on any atom is 0.144 e. The molecule has 2 aliphatic rings. The van der Waals surface area contributed by atoms with Crippen LogP contribution in [0.5, 0.6) is 5.75 Å². The molecule has 2 aromatic carbocycles. The van der Waals surface area contributed by atoms with Crippen molar-refractivity contribution >= 4 is 5.69 Å². The minimum atomic E-state index is 0.157. The number of nitrogens with one attached hydrogen (secondary N) is 1. The monoisotopic (exact) mass is 237 g/mol. The third-order valence-electron chi connectivity index (χ3n) is 3.93. The van der Waals surface area contributed by atoms with Gasteiger partial charge < -0.3 is 10.1 Å². The molecule has 0 amide bonds. The first kappa shape index (κ1) is 10.0. The van der Waals surface area contributed by atoms with Crippen LogP contribution in [0.15, 0.2) is 48.5 Å². The Labute approximate surface area is 107 Å². The van der Waals surface area contributed by atoms with Crippen molar-refractivity contribution in [2.75, 3.05) is 5.32 Å². The zero-order valence-electron chi connectivity index (χ0n) is 10.1. The fourth-order valence-electron chi connectivity index (χ4n) is 3.04. The van der Waals surface area contributed by atoms with Crippen LogP contribution >= 0.6 is 0 Å². The van der Waals surface area contributed by atoms with E-state index in [0.717, 1.165) is 24.3 Å². The van der Waals surface area contributed by atoms with Gasteiger partial charge in [-0.05, 0) is 36.1 Å². The summed E-state index contributed by atoms with van der Waals surface area (Å²) in [6.07, 6.45) is 2.43. The van der Waals surface area contributed by atoms with Crippen molar-refractivity contribution in [2.24, 2.45) is 0 Å². The van der Waals surface area contributed by atoms with Crippen LogP contribution in [0.2, 0.25) is 0 Å². The number of ether oxygens (including phenoxy) is 1. The summed E-state index contributed by atoms with van der Waals surface area (Å²) in [7, 11) is 0. The number of aryl methyl sites for hydroxylation is 1. The first-order valence-electron chi connectivity index (χ1n) is 6.52. The Kier molecular flexibility index (Phi) is 2.10. The van der Waals surface area contributed by atoms with Gasteiger partial charge in [-0.1, -0.05) is 36.4 Å². The van der Waals surface area contributed by atoms with Crippen LogP contribution < -0.4 is 10.1 Å². The van der Waals surface area contributed by atoms with Crippen molar-refractivity contribution in [3.8, 4) is 5.75 Å². The second-order valence-electron chi connectivity index (χ2n) is 5.02. The van der Waals surface area contributed by atoms with Gasteiger partial charge in [0.2, 0.25) is 0 Å². The third-order valence-corrected chi connectivity index (χ3v) is 3.93. The molecule has 1 heterocycles. The van der Waals surface area contributed by atoms with E-state index in [4.69, 9.17) is 4.74 Å². The summed E-state index contributed by atoms with van der Waals surface area (Å²) < 4.78 is 6.20. The van der Waals surface area contributed by atoms with Crippen LogP contribution in [-0.4, -0.2) is 6.04 Å². The predicted octanol–water partition coefficient (Wildman–Crippen LogP) is 3.55. The second kappa shape index (κ2) is 3.77. The molecule has 2 atom stereocenters. The highest BCUT2D eigenvalue weighted by atomic mass is 16.5. The van der Waals surface area contributed by atoms with Gasteiger partial charge in [0.15, 0.2) is 0 Å². The lowest BCUT2D eigenvalue weighted by atomic mass is 9.85. The normalized spacial score (nSPS) is 24.0. The summed E-state index contributed by atoms with van der Waals surface area (Å²) in [5.41, 5.74) is 3.90. The molecular weight excluding hydrogens is 222 g/mol. The molecule has 90 valence electrons. The van der Waals surface area contributed by atoms with E-state index in [-0.39, 0.29) is 6.10 Å². The fraction of sp³-hybridized carbons (Fsp3) is 0.250. The molecule has 0 bridgehead atoms. The summed E-state index contributed by atoms with van der Waals surface area (Å²) in [6.45, 7) is 0. The van der Waals surface area contributed by atoms with Gasteiger partial charge in [-0.3, -0.25) is 0 Å². The highest BCUT2D eigenvalue weighted by molar-refractivity contribution is 5.59. The number of para-hydroxylation sites is 2. The van der Waals surface area contributed by atoms with Gasteiger partial charge in [0.1, 0.15) is 11.9 Å². The Balaban J connectivity index is 1.79. The highest BCUT2D eigenvalue weighted by Gasteiger charge is 2.34. The van der Waals surface area contributed by atoms with E-state index in [1.54, 1.807) is 0 Å². The summed E-state index contributed by atoms with van der Waals surface area (Å²) in [4.78, 5) is 0. The summed E-state index contributed by atoms with van der Waals surface area (Å²) >= 11 is 0. The molecule has 2 heteroatoms. The van der Waals surface area contributed by atoms with Crippen LogP contribution in [0, 0.1) is 0 Å². The lowest BCUT2D eigenvalue weighted by Crippen LogP contribution is -2.38. The van der Waals surface area contributed by atoms with E-state index in [2.05, 4.69) is 35.6 Å². The molecule has 0 radical (unpaired) electrons. The second-order valence-corrected chi connectivity index (χ2v) is 5.02. The fourth-order valence-corrected chi connectivity index (χ4v) is 3.04. The van der Waals surface area contributed by atoms with E-state index in [9.17, 15) is 0 Å². The molecule has 0 fully saturated rings. The van der Waals surface area contributed by atoms with E-state index >= 15 is 0 Å². The van der Waals surface area contributed by atoms with E-state index < -0.39 is 0 Å². The van der Waals surface area contributed by atoms with Gasteiger partial charge >= 0.3 is 0 Å². The zero-order chi connectivity index (χ0) is 11.9. The van der Waals surface area contributed by atoms with Gasteiger partial charge in [0.25, 0.3) is 0 Å². The average molecular weight is 237 g/mol. The van der Waals surface area contributed by atoms with E-state index in [1.807, 2.05) is 18.2 Å². The molecule has 4 rings (SSSR count). The quantitative estimate of drug-likeness (QED) is 0.756. The lowest BCUT2D eigenvalue weighted by molar-refractivity contribution is 0.158. The maximum absolute atomic E-state index is 6.20. The Morgan fingerprint density at radius 2 is 1.83 bits per heavy atom. The lowest BCUT2D eigenvalue weighted by Gasteiger charge is -2.39. The maximum atomic E-state index is 6.20. The molecule has 1 aliphatic heterocycles. The minimum Gasteiger partial charge on any atom is -0.481 e. The molecule has 0 saturated carbocycles. The zero-order valence-corrected chi connectivity index (χ0v) is 10.1. The molecule has 1 N–H and O–H groups in total. The van der Waals surface area contributed by atoms with E-state index in [0.29, 0.717) is 6.04 Å². The Morgan fingerprint density at radius 1 is 1.00 bits per heavy atom. The van der Waals surface area contributed by atoms with Gasteiger partial charge in [-0.25, -0.2) is 0 Å². The summed E-state index contributed by atoms with van der Waals surface area (Å²) in [6, 6.07) is 17.2. The molecule has 2 unspecified atom stereocenters. The van der Waals surface area contributed by atoms with Crippen molar-refractivity contribution in [1.29, 1.82) is 0 Å². The standard InChI is InChI=1S/C16H15NO/c1-2-6-12-11(5-1)9-10-14-16(12)18-15-8-4-3-7-13(15)17-14/h1-8,14,16-17H,9-10H2. The van der Waals surface area contributed by atoms with Crippen molar-refractivity contribution in [3.05, 3.63) is 59.7 Å². The molecule has 0 aromatic heterocycles. The minimum absolute atomic E-state index is 0.157. The molecular formula is C16H15NO. The molecule has 0 saturated heterocycles. The number of anilines is 1. The van der Waals surface area contributed by atoms with Crippen LogP contribution in [0.25, 0.3) is 0 Å². The summed E-state index contributed by atoms with van der Waals surface area (Å²) in [5.74, 6) is 0.968. The van der Waals surface area contributed by atoms with E-state index in [1.165, 1.54) is 11.1 Å². The number of hydrogen-bond acceptors (Lipinski definition) is 2. The van der Waals surface area contributed by atoms with Crippen molar-refractivity contribution < 1.29 is 4.74 Å². The number of benzene rings is 2. The third kappa shape index (κ3) is 1.42. The largest absolute Gasteiger partial charge is 0.481 e. The molecule has 1 aliphatic carbocycles. The first-order chi connectivity index (χ1) is 8.92. The van der Waals surface area contributed by atoms with Crippen LogP contribution in [0.1, 0.15) is 23.7 Å². The number of rotatable bonds is 0. The average Bonchev–Trinajstić information content (AvgIpc) is 2.45. The van der Waals surface area contributed by atoms with Crippen molar-refractivity contribution in [2.45, 2.75) is 25.0 Å². The molecule has 0 spiro atoms. The van der Waals surface area contributed by atoms with Gasteiger partial charge in [-0.15, -0.1) is 0 Å². The molecule has 2 aromatic rings.